The zero-order valence-corrected chi connectivity index (χ0v) is 23.9. The lowest BCUT2D eigenvalue weighted by Gasteiger charge is -2.17. The molecular formula is C32H38BrN4O+. The van der Waals surface area contributed by atoms with Gasteiger partial charge in [-0.15, -0.1) is 0 Å². The molecule has 0 aliphatic carbocycles. The van der Waals surface area contributed by atoms with Crippen LogP contribution in [0.15, 0.2) is 83.3 Å². The maximum atomic E-state index is 11.9. The molecule has 0 fully saturated rings. The van der Waals surface area contributed by atoms with E-state index in [2.05, 4.69) is 106 Å². The Morgan fingerprint density at radius 3 is 2.53 bits per heavy atom. The summed E-state index contributed by atoms with van der Waals surface area (Å²) in [4.78, 5) is 11.9. The van der Waals surface area contributed by atoms with Crippen molar-refractivity contribution in [1.82, 2.24) is 5.32 Å². The van der Waals surface area contributed by atoms with Gasteiger partial charge in [-0.05, 0) is 74.7 Å². The van der Waals surface area contributed by atoms with Crippen LogP contribution in [0.5, 0.6) is 0 Å². The second-order valence-corrected chi connectivity index (χ2v) is 11.1. The predicted octanol–water partition coefficient (Wildman–Crippen LogP) is 6.92. The monoisotopic (exact) mass is 573 g/mol. The molecule has 3 aromatic carbocycles. The van der Waals surface area contributed by atoms with Gasteiger partial charge in [0.2, 0.25) is 11.6 Å². The highest BCUT2D eigenvalue weighted by Crippen LogP contribution is 2.42. The summed E-state index contributed by atoms with van der Waals surface area (Å²) < 4.78 is 3.53. The second kappa shape index (κ2) is 13.0. The number of fused-ring (bicyclic) bond motifs is 1. The fraction of sp³-hybridized carbons (Fsp3) is 0.312. The summed E-state index contributed by atoms with van der Waals surface area (Å²) in [7, 11) is 0. The first kappa shape index (κ1) is 27.8. The molecule has 1 aliphatic rings. The number of rotatable bonds is 12. The van der Waals surface area contributed by atoms with Gasteiger partial charge in [-0.25, -0.2) is 0 Å². The third-order valence-corrected chi connectivity index (χ3v) is 7.48. The SMILES string of the molecule is CC1(C)C(/C=C/c2cccc(Br)c2)=[N+](CCCCCC(=O)NCCN)c2ccc(Nc3ccccc3)cc21. The molecule has 6 heteroatoms. The largest absolute Gasteiger partial charge is 0.356 e. The van der Waals surface area contributed by atoms with Crippen LogP contribution in [0.25, 0.3) is 6.08 Å². The highest BCUT2D eigenvalue weighted by atomic mass is 79.9. The molecule has 0 bridgehead atoms. The molecule has 1 heterocycles. The van der Waals surface area contributed by atoms with Crippen molar-refractivity contribution in [2.45, 2.75) is 44.9 Å². The molecule has 0 aromatic heterocycles. The zero-order valence-electron chi connectivity index (χ0n) is 22.3. The molecule has 3 aromatic rings. The normalized spacial score (nSPS) is 14.1. The second-order valence-electron chi connectivity index (χ2n) is 10.2. The molecule has 4 rings (SSSR count). The van der Waals surface area contributed by atoms with Crippen molar-refractivity contribution < 1.29 is 9.37 Å². The number of carbonyl (C=O) groups is 1. The summed E-state index contributed by atoms with van der Waals surface area (Å²) in [5.74, 6) is 0.0887. The van der Waals surface area contributed by atoms with E-state index in [-0.39, 0.29) is 11.3 Å². The van der Waals surface area contributed by atoms with Crippen LogP contribution >= 0.6 is 15.9 Å². The van der Waals surface area contributed by atoms with E-state index in [1.165, 1.54) is 17.0 Å². The fourth-order valence-corrected chi connectivity index (χ4v) is 5.42. The van der Waals surface area contributed by atoms with Crippen molar-refractivity contribution in [3.8, 4) is 0 Å². The number of nitrogens with zero attached hydrogens (tertiary/aromatic N) is 1. The summed E-state index contributed by atoms with van der Waals surface area (Å²) in [6, 6.07) is 25.3. The summed E-state index contributed by atoms with van der Waals surface area (Å²) in [6.45, 7) is 6.54. The average Bonchev–Trinajstić information content (AvgIpc) is 3.12. The lowest BCUT2D eigenvalue weighted by molar-refractivity contribution is -0.438. The Balaban J connectivity index is 1.56. The first-order valence-corrected chi connectivity index (χ1v) is 14.2. The van der Waals surface area contributed by atoms with E-state index in [9.17, 15) is 4.79 Å². The topological polar surface area (TPSA) is 70.2 Å². The number of amides is 1. The molecule has 38 heavy (non-hydrogen) atoms. The van der Waals surface area contributed by atoms with Crippen LogP contribution in [-0.2, 0) is 10.2 Å². The lowest BCUT2D eigenvalue weighted by Crippen LogP contribution is -2.28. The van der Waals surface area contributed by atoms with Crippen molar-refractivity contribution in [3.63, 3.8) is 0 Å². The molecular weight excluding hydrogens is 536 g/mol. The van der Waals surface area contributed by atoms with Gasteiger partial charge in [-0.3, -0.25) is 4.79 Å². The highest BCUT2D eigenvalue weighted by molar-refractivity contribution is 9.10. The van der Waals surface area contributed by atoms with Gasteiger partial charge in [0.1, 0.15) is 6.54 Å². The van der Waals surface area contributed by atoms with Crippen LogP contribution < -0.4 is 16.4 Å². The number of carbonyl (C=O) groups excluding carboxylic acids is 1. The van der Waals surface area contributed by atoms with Gasteiger partial charge < -0.3 is 16.4 Å². The summed E-state index contributed by atoms with van der Waals surface area (Å²) in [5.41, 5.74) is 12.5. The van der Waals surface area contributed by atoms with Crippen LogP contribution in [0.4, 0.5) is 17.1 Å². The van der Waals surface area contributed by atoms with Crippen LogP contribution in [0.2, 0.25) is 0 Å². The minimum Gasteiger partial charge on any atom is -0.356 e. The zero-order chi connectivity index (χ0) is 27.0. The number of nitrogens with one attached hydrogen (secondary N) is 2. The minimum absolute atomic E-state index is 0.0887. The van der Waals surface area contributed by atoms with E-state index in [1.807, 2.05) is 24.3 Å². The molecule has 0 atom stereocenters. The number of para-hydroxylation sites is 1. The summed E-state index contributed by atoms with van der Waals surface area (Å²) in [5, 5.41) is 6.41. The number of unbranched alkanes of at least 4 members (excludes halogenated alkanes) is 2. The minimum atomic E-state index is -0.158. The van der Waals surface area contributed by atoms with E-state index in [1.54, 1.807) is 0 Å². The third-order valence-electron chi connectivity index (χ3n) is 6.99. The predicted molar refractivity (Wildman–Crippen MR) is 163 cm³/mol. The van der Waals surface area contributed by atoms with E-state index >= 15 is 0 Å². The molecule has 0 radical (unpaired) electrons. The Kier molecular flexibility index (Phi) is 9.53. The fourth-order valence-electron chi connectivity index (χ4n) is 5.00. The van der Waals surface area contributed by atoms with E-state index in [0.717, 1.165) is 47.2 Å². The first-order valence-electron chi connectivity index (χ1n) is 13.4. The summed E-state index contributed by atoms with van der Waals surface area (Å²) >= 11 is 3.59. The van der Waals surface area contributed by atoms with Gasteiger partial charge in [0, 0.05) is 59.5 Å². The molecule has 0 spiro atoms. The molecule has 0 saturated carbocycles. The third kappa shape index (κ3) is 7.00. The van der Waals surface area contributed by atoms with E-state index < -0.39 is 0 Å². The molecule has 0 unspecified atom stereocenters. The number of hydrogen-bond donors (Lipinski definition) is 3. The Morgan fingerprint density at radius 1 is 0.947 bits per heavy atom. The number of hydrogen-bond acceptors (Lipinski definition) is 3. The molecule has 4 N–H and O–H groups in total. The van der Waals surface area contributed by atoms with E-state index in [4.69, 9.17) is 5.73 Å². The van der Waals surface area contributed by atoms with Crippen molar-refractivity contribution in [1.29, 1.82) is 0 Å². The number of allylic oxidation sites excluding steroid dienone is 1. The van der Waals surface area contributed by atoms with Crippen LogP contribution in [0, 0.1) is 0 Å². The van der Waals surface area contributed by atoms with Crippen LogP contribution in [0.1, 0.15) is 50.7 Å². The van der Waals surface area contributed by atoms with Crippen molar-refractivity contribution >= 4 is 50.7 Å². The van der Waals surface area contributed by atoms with Gasteiger partial charge in [-0.2, -0.15) is 4.58 Å². The Hall–Kier alpha value is -3.22. The maximum Gasteiger partial charge on any atom is 0.220 e. The van der Waals surface area contributed by atoms with Crippen LogP contribution in [0.3, 0.4) is 0 Å². The standard InChI is InChI=1S/C32H37BrN4O/c1-32(2)28-23-27(36-26-12-5-3-6-13-26)16-17-29(28)37(21-8-4-7-14-31(38)35-20-19-34)30(32)18-15-24-10-9-11-25(33)22-24/h3,5-6,9-13,15-18,22-23,36H,4,7-8,14,19-21,34H2,1-2H3/p+1/b18-15+. The van der Waals surface area contributed by atoms with Gasteiger partial charge in [0.05, 0.1) is 5.41 Å². The van der Waals surface area contributed by atoms with Crippen LogP contribution in [-0.4, -0.2) is 35.8 Å². The van der Waals surface area contributed by atoms with Gasteiger partial charge in [0.15, 0.2) is 5.71 Å². The Bertz CT molecular complexity index is 1310. The van der Waals surface area contributed by atoms with Gasteiger partial charge in [-0.1, -0.05) is 46.3 Å². The molecule has 198 valence electrons. The van der Waals surface area contributed by atoms with Crippen molar-refractivity contribution in [2.24, 2.45) is 5.73 Å². The maximum absolute atomic E-state index is 11.9. The first-order chi connectivity index (χ1) is 18.4. The smallest absolute Gasteiger partial charge is 0.220 e. The van der Waals surface area contributed by atoms with Crippen molar-refractivity contribution in [2.75, 3.05) is 25.0 Å². The Labute approximate surface area is 235 Å². The molecule has 5 nitrogen and oxygen atoms in total. The number of anilines is 2. The number of nitrogens with two attached hydrogens (primary N) is 1. The molecule has 1 amide bonds. The highest BCUT2D eigenvalue weighted by Gasteiger charge is 2.44. The van der Waals surface area contributed by atoms with Crippen molar-refractivity contribution in [3.05, 3.63) is 94.5 Å². The molecule has 1 aliphatic heterocycles. The number of benzene rings is 3. The van der Waals surface area contributed by atoms with Gasteiger partial charge in [0.25, 0.3) is 0 Å². The van der Waals surface area contributed by atoms with Gasteiger partial charge >= 0.3 is 0 Å². The van der Waals surface area contributed by atoms with E-state index in [0.29, 0.717) is 19.5 Å². The lowest BCUT2D eigenvalue weighted by atomic mass is 9.81. The summed E-state index contributed by atoms with van der Waals surface area (Å²) in [6.07, 6.45) is 7.91. The average molecular weight is 575 g/mol. The Morgan fingerprint density at radius 2 is 1.76 bits per heavy atom. The molecule has 0 saturated heterocycles. The number of halogens is 1. The quantitative estimate of drug-likeness (QED) is 0.163.